The molecule has 8 heteroatoms. The summed E-state index contributed by atoms with van der Waals surface area (Å²) >= 11 is 6.78. The van der Waals surface area contributed by atoms with Gasteiger partial charge in [-0.15, -0.1) is 0 Å². The van der Waals surface area contributed by atoms with Crippen molar-refractivity contribution in [3.05, 3.63) is 28.7 Å². The second-order valence-corrected chi connectivity index (χ2v) is 10.1. The van der Waals surface area contributed by atoms with E-state index >= 15 is 0 Å². The molecule has 2 fully saturated rings. The lowest BCUT2D eigenvalue weighted by molar-refractivity contribution is -0.135. The molecule has 0 saturated carbocycles. The first-order valence-electron chi connectivity index (χ1n) is 11.7. The van der Waals surface area contributed by atoms with Crippen molar-refractivity contribution in [1.29, 1.82) is 0 Å². The molecule has 1 aromatic rings. The maximum atomic E-state index is 12.9. The summed E-state index contributed by atoms with van der Waals surface area (Å²) in [7, 11) is 3.18. The number of unbranched alkanes of at least 4 members (excludes halogenated alkanes) is 2. The molecule has 3 rings (SSSR count). The standard InChI is InChI=1S/C25H34N2O4S2/c1-4-19-10-7-9-14-26(19)23(28)11-6-5-8-15-27-24(29)22(33-25(27)32)17-18-12-13-20(30-2)21(16-18)31-3/h12-13,16-17,19H,4-11,14-15H2,1-3H3. The van der Waals surface area contributed by atoms with Crippen molar-refractivity contribution in [3.8, 4) is 11.5 Å². The number of thiocarbonyl (C=S) groups is 1. The molecule has 1 atom stereocenters. The van der Waals surface area contributed by atoms with E-state index < -0.39 is 0 Å². The van der Waals surface area contributed by atoms with Gasteiger partial charge >= 0.3 is 0 Å². The van der Waals surface area contributed by atoms with E-state index in [9.17, 15) is 9.59 Å². The van der Waals surface area contributed by atoms with Gasteiger partial charge in [0.1, 0.15) is 4.32 Å². The Balaban J connectivity index is 1.47. The van der Waals surface area contributed by atoms with E-state index in [-0.39, 0.29) is 11.8 Å². The molecule has 2 amide bonds. The van der Waals surface area contributed by atoms with Gasteiger partial charge in [-0.1, -0.05) is 43.4 Å². The van der Waals surface area contributed by atoms with E-state index in [0.717, 1.165) is 50.6 Å². The largest absolute Gasteiger partial charge is 0.493 e. The van der Waals surface area contributed by atoms with Gasteiger partial charge in [0.05, 0.1) is 19.1 Å². The van der Waals surface area contributed by atoms with Crippen molar-refractivity contribution >= 4 is 46.2 Å². The van der Waals surface area contributed by atoms with Crippen LogP contribution < -0.4 is 9.47 Å². The quantitative estimate of drug-likeness (QED) is 0.253. The minimum atomic E-state index is -0.0602. The fraction of sp³-hybridized carbons (Fsp3) is 0.560. The fourth-order valence-electron chi connectivity index (χ4n) is 4.41. The molecule has 0 aromatic heterocycles. The molecule has 0 aliphatic carbocycles. The molecule has 0 radical (unpaired) electrons. The Morgan fingerprint density at radius 3 is 2.70 bits per heavy atom. The molecule has 2 aliphatic heterocycles. The molecular formula is C25H34N2O4S2. The molecule has 2 saturated heterocycles. The summed E-state index contributed by atoms with van der Waals surface area (Å²) in [5, 5.41) is 0. The van der Waals surface area contributed by atoms with Crippen molar-refractivity contribution in [3.63, 3.8) is 0 Å². The van der Waals surface area contributed by atoms with Gasteiger partial charge in [-0.3, -0.25) is 14.5 Å². The topological polar surface area (TPSA) is 59.1 Å². The maximum absolute atomic E-state index is 12.9. The highest BCUT2D eigenvalue weighted by atomic mass is 32.2. The first kappa shape index (κ1) is 25.6. The molecule has 1 aromatic carbocycles. The smallest absolute Gasteiger partial charge is 0.266 e. The maximum Gasteiger partial charge on any atom is 0.266 e. The van der Waals surface area contributed by atoms with Crippen molar-refractivity contribution in [2.75, 3.05) is 27.3 Å². The third-order valence-corrected chi connectivity index (χ3v) is 7.65. The molecule has 6 nitrogen and oxygen atoms in total. The normalized spacial score (nSPS) is 20.0. The number of hydrogen-bond acceptors (Lipinski definition) is 6. The number of likely N-dealkylation sites (tertiary alicyclic amines) is 1. The number of carbonyl (C=O) groups excluding carboxylic acids is 2. The summed E-state index contributed by atoms with van der Waals surface area (Å²) in [5.41, 5.74) is 0.856. The van der Waals surface area contributed by atoms with E-state index in [1.807, 2.05) is 24.3 Å². The second kappa shape index (κ2) is 12.4. The van der Waals surface area contributed by atoms with Crippen LogP contribution in [0.3, 0.4) is 0 Å². The number of hydrogen-bond donors (Lipinski definition) is 0. The third kappa shape index (κ3) is 6.51. The molecule has 1 unspecified atom stereocenters. The number of ether oxygens (including phenoxy) is 2. The summed E-state index contributed by atoms with van der Waals surface area (Å²) in [6.07, 6.45) is 9.53. The molecule has 180 valence electrons. The Hall–Kier alpha value is -2.06. The van der Waals surface area contributed by atoms with Gasteiger partial charge < -0.3 is 14.4 Å². The van der Waals surface area contributed by atoms with Crippen LogP contribution in [0.4, 0.5) is 0 Å². The van der Waals surface area contributed by atoms with Crippen LogP contribution in [0, 0.1) is 0 Å². The number of rotatable bonds is 10. The Bertz CT molecular complexity index is 902. The molecule has 0 spiro atoms. The van der Waals surface area contributed by atoms with Gasteiger partial charge in [0, 0.05) is 25.6 Å². The Kier molecular flexibility index (Phi) is 9.62. The molecule has 0 N–H and O–H groups in total. The van der Waals surface area contributed by atoms with Crippen LogP contribution in [0.5, 0.6) is 11.5 Å². The van der Waals surface area contributed by atoms with Crippen LogP contribution in [-0.4, -0.2) is 59.3 Å². The highest BCUT2D eigenvalue weighted by Crippen LogP contribution is 2.35. The summed E-state index contributed by atoms with van der Waals surface area (Å²) in [6, 6.07) is 5.96. The van der Waals surface area contributed by atoms with Crippen LogP contribution >= 0.6 is 24.0 Å². The number of carbonyl (C=O) groups is 2. The molecule has 2 heterocycles. The Morgan fingerprint density at radius 1 is 1.18 bits per heavy atom. The van der Waals surface area contributed by atoms with Crippen LogP contribution in [0.25, 0.3) is 6.08 Å². The summed E-state index contributed by atoms with van der Waals surface area (Å²) in [5.74, 6) is 1.48. The predicted molar refractivity (Wildman–Crippen MR) is 138 cm³/mol. The van der Waals surface area contributed by atoms with Crippen LogP contribution in [-0.2, 0) is 9.59 Å². The van der Waals surface area contributed by atoms with E-state index in [1.165, 1.54) is 18.2 Å². The molecular weight excluding hydrogens is 456 g/mol. The lowest BCUT2D eigenvalue weighted by atomic mass is 9.99. The minimum Gasteiger partial charge on any atom is -0.493 e. The lowest BCUT2D eigenvalue weighted by Gasteiger charge is -2.35. The van der Waals surface area contributed by atoms with Crippen molar-refractivity contribution in [1.82, 2.24) is 9.80 Å². The number of nitrogens with zero attached hydrogens (tertiary/aromatic N) is 2. The van der Waals surface area contributed by atoms with E-state index in [1.54, 1.807) is 19.1 Å². The molecule has 33 heavy (non-hydrogen) atoms. The van der Waals surface area contributed by atoms with Crippen molar-refractivity contribution in [2.45, 2.75) is 64.3 Å². The summed E-state index contributed by atoms with van der Waals surface area (Å²) < 4.78 is 11.2. The highest BCUT2D eigenvalue weighted by molar-refractivity contribution is 8.26. The van der Waals surface area contributed by atoms with Gasteiger partial charge in [0.2, 0.25) is 5.91 Å². The Labute approximate surface area is 206 Å². The monoisotopic (exact) mass is 490 g/mol. The van der Waals surface area contributed by atoms with Gasteiger partial charge in [-0.2, -0.15) is 0 Å². The fourth-order valence-corrected chi connectivity index (χ4v) is 5.72. The van der Waals surface area contributed by atoms with Gasteiger partial charge in [0.25, 0.3) is 5.91 Å². The number of piperidine rings is 1. The number of benzene rings is 1. The first-order chi connectivity index (χ1) is 16.0. The van der Waals surface area contributed by atoms with E-state index in [2.05, 4.69) is 11.8 Å². The van der Waals surface area contributed by atoms with Gasteiger partial charge in [-0.25, -0.2) is 0 Å². The zero-order valence-corrected chi connectivity index (χ0v) is 21.4. The van der Waals surface area contributed by atoms with Crippen molar-refractivity contribution < 1.29 is 19.1 Å². The van der Waals surface area contributed by atoms with Gasteiger partial charge in [-0.05, 0) is 62.3 Å². The number of methoxy groups -OCH3 is 2. The number of amides is 2. The lowest BCUT2D eigenvalue weighted by Crippen LogP contribution is -2.43. The zero-order chi connectivity index (χ0) is 23.8. The predicted octanol–water partition coefficient (Wildman–Crippen LogP) is 5.26. The SMILES string of the molecule is CCC1CCCCN1C(=O)CCCCCN1C(=O)C(=Cc2ccc(OC)c(OC)c2)SC1=S. The second-order valence-electron chi connectivity index (χ2n) is 8.40. The van der Waals surface area contributed by atoms with Crippen LogP contribution in [0.15, 0.2) is 23.1 Å². The Morgan fingerprint density at radius 2 is 1.97 bits per heavy atom. The van der Waals surface area contributed by atoms with Crippen molar-refractivity contribution in [2.24, 2.45) is 0 Å². The average Bonchev–Trinajstić information content (AvgIpc) is 3.10. The van der Waals surface area contributed by atoms with E-state index in [0.29, 0.717) is 39.7 Å². The zero-order valence-electron chi connectivity index (χ0n) is 19.8. The number of thioether (sulfide) groups is 1. The third-order valence-electron chi connectivity index (χ3n) is 6.27. The van der Waals surface area contributed by atoms with Crippen LogP contribution in [0.1, 0.15) is 63.9 Å². The minimum absolute atomic E-state index is 0.0602. The highest BCUT2D eigenvalue weighted by Gasteiger charge is 2.31. The summed E-state index contributed by atoms with van der Waals surface area (Å²) in [6.45, 7) is 3.65. The van der Waals surface area contributed by atoms with E-state index in [4.69, 9.17) is 21.7 Å². The van der Waals surface area contributed by atoms with Crippen LogP contribution in [0.2, 0.25) is 0 Å². The molecule has 2 aliphatic rings. The molecule has 0 bridgehead atoms. The first-order valence-corrected chi connectivity index (χ1v) is 13.0. The summed E-state index contributed by atoms with van der Waals surface area (Å²) in [4.78, 5) is 29.9. The van der Waals surface area contributed by atoms with Gasteiger partial charge in [0.15, 0.2) is 11.5 Å². The average molecular weight is 491 g/mol.